The van der Waals surface area contributed by atoms with Crippen LogP contribution in [0.25, 0.3) is 6.08 Å². The van der Waals surface area contributed by atoms with Gasteiger partial charge in [0, 0.05) is 25.3 Å². The van der Waals surface area contributed by atoms with Gasteiger partial charge in [-0.2, -0.15) is 0 Å². The third-order valence-electron chi connectivity index (χ3n) is 4.19. The van der Waals surface area contributed by atoms with E-state index in [1.54, 1.807) is 38.4 Å². The molecule has 1 fully saturated rings. The van der Waals surface area contributed by atoms with Gasteiger partial charge in [-0.3, -0.25) is 19.5 Å². The molecule has 1 heterocycles. The van der Waals surface area contributed by atoms with Crippen LogP contribution in [0.2, 0.25) is 0 Å². The number of amides is 2. The van der Waals surface area contributed by atoms with Crippen LogP contribution in [-0.2, 0) is 9.59 Å². The summed E-state index contributed by atoms with van der Waals surface area (Å²) in [7, 11) is 4.76. The third kappa shape index (κ3) is 4.80. The van der Waals surface area contributed by atoms with Crippen LogP contribution < -0.4 is 14.8 Å². The molecule has 1 saturated heterocycles. The van der Waals surface area contributed by atoms with Crippen molar-refractivity contribution in [3.05, 3.63) is 58.8 Å². The Morgan fingerprint density at radius 2 is 2.00 bits per heavy atom. The Hall–Kier alpha value is -3.33. The first kappa shape index (κ1) is 21.4. The molecule has 0 saturated carbocycles. The van der Waals surface area contributed by atoms with Crippen molar-refractivity contribution in [3.63, 3.8) is 0 Å². The number of para-hydroxylation sites is 1. The summed E-state index contributed by atoms with van der Waals surface area (Å²) in [6.07, 6.45) is 1.68. The van der Waals surface area contributed by atoms with Gasteiger partial charge in [0.15, 0.2) is 23.3 Å². The zero-order chi connectivity index (χ0) is 21.7. The molecular weight excluding hydrogens is 409 g/mol. The summed E-state index contributed by atoms with van der Waals surface area (Å²) in [5, 5.41) is 3.22. The first-order valence-electron chi connectivity index (χ1n) is 8.92. The minimum atomic E-state index is -0.419. The fraction of sp³-hybridized carbons (Fsp3) is 0.190. The summed E-state index contributed by atoms with van der Waals surface area (Å²) < 4.78 is 24.1. The van der Waals surface area contributed by atoms with Crippen molar-refractivity contribution in [1.29, 1.82) is 0 Å². The molecule has 156 valence electrons. The summed E-state index contributed by atoms with van der Waals surface area (Å²) in [6, 6.07) is 10.6. The lowest BCUT2D eigenvalue weighted by Gasteiger charge is -2.14. The first-order chi connectivity index (χ1) is 14.4. The summed E-state index contributed by atoms with van der Waals surface area (Å²) in [6.45, 7) is -0.295. The van der Waals surface area contributed by atoms with E-state index in [4.69, 9.17) is 9.47 Å². The van der Waals surface area contributed by atoms with E-state index in [-0.39, 0.29) is 12.5 Å². The van der Waals surface area contributed by atoms with Crippen LogP contribution in [0.1, 0.15) is 5.56 Å². The molecule has 0 bridgehead atoms. The van der Waals surface area contributed by atoms with Gasteiger partial charge in [-0.1, -0.05) is 12.1 Å². The number of anilines is 1. The van der Waals surface area contributed by atoms with E-state index < -0.39 is 11.7 Å². The van der Waals surface area contributed by atoms with Crippen molar-refractivity contribution in [1.82, 2.24) is 4.90 Å². The fourth-order valence-electron chi connectivity index (χ4n) is 2.72. The number of nitrogens with one attached hydrogen (secondary N) is 1. The van der Waals surface area contributed by atoms with E-state index >= 15 is 0 Å². The first-order valence-corrected chi connectivity index (χ1v) is 9.74. The zero-order valence-electron chi connectivity index (χ0n) is 16.6. The van der Waals surface area contributed by atoms with Gasteiger partial charge < -0.3 is 14.8 Å². The van der Waals surface area contributed by atoms with Crippen LogP contribution in [0.5, 0.6) is 11.5 Å². The molecule has 9 heteroatoms. The van der Waals surface area contributed by atoms with Gasteiger partial charge in [-0.25, -0.2) is 4.39 Å². The summed E-state index contributed by atoms with van der Waals surface area (Å²) in [4.78, 5) is 30.7. The number of nitrogens with zero attached hydrogens (tertiary/aromatic N) is 2. The van der Waals surface area contributed by atoms with Gasteiger partial charge >= 0.3 is 0 Å². The van der Waals surface area contributed by atoms with Crippen molar-refractivity contribution in [3.8, 4) is 11.5 Å². The van der Waals surface area contributed by atoms with Crippen molar-refractivity contribution in [2.45, 2.75) is 0 Å². The number of ether oxygens (including phenoxy) is 2. The Balaban J connectivity index is 1.79. The number of amidine groups is 1. The van der Waals surface area contributed by atoms with Crippen LogP contribution in [-0.4, -0.2) is 49.7 Å². The Labute approximate surface area is 177 Å². The standard InChI is InChI=1S/C21H20FN3O4S/c1-23-21-25(2)20(27)17(30-21)11-13-5-4-6-16(28-3)19(13)29-12-18(26)24-15-9-7-14(22)8-10-15/h4-11H,12H2,1-3H3,(H,24,26)/b17-11-,23-21?. The van der Waals surface area contributed by atoms with E-state index in [1.807, 2.05) is 0 Å². The normalized spacial score (nSPS) is 16.3. The van der Waals surface area contributed by atoms with Gasteiger partial charge in [0.05, 0.1) is 12.0 Å². The second kappa shape index (κ2) is 9.45. The Bertz CT molecular complexity index is 1020. The molecule has 2 amide bonds. The van der Waals surface area contributed by atoms with Gasteiger partial charge in [-0.05, 0) is 48.2 Å². The minimum Gasteiger partial charge on any atom is -0.493 e. The number of aliphatic imine (C=N–C) groups is 1. The Morgan fingerprint density at radius 1 is 1.27 bits per heavy atom. The quantitative estimate of drug-likeness (QED) is 0.712. The lowest BCUT2D eigenvalue weighted by Crippen LogP contribution is -2.23. The van der Waals surface area contributed by atoms with E-state index in [2.05, 4.69) is 10.3 Å². The number of methoxy groups -OCH3 is 1. The topological polar surface area (TPSA) is 80.2 Å². The molecule has 1 N–H and O–H groups in total. The van der Waals surface area contributed by atoms with Gasteiger partial charge in [-0.15, -0.1) is 0 Å². The smallest absolute Gasteiger partial charge is 0.266 e. The maximum atomic E-state index is 13.0. The zero-order valence-corrected chi connectivity index (χ0v) is 17.5. The van der Waals surface area contributed by atoms with Gasteiger partial charge in [0.1, 0.15) is 5.82 Å². The van der Waals surface area contributed by atoms with Crippen molar-refractivity contribution in [2.24, 2.45) is 4.99 Å². The molecule has 7 nitrogen and oxygen atoms in total. The number of thioether (sulfide) groups is 1. The van der Waals surface area contributed by atoms with Crippen LogP contribution in [0, 0.1) is 5.82 Å². The molecule has 0 aromatic heterocycles. The molecule has 0 aliphatic carbocycles. The van der Waals surface area contributed by atoms with Crippen molar-refractivity contribution in [2.75, 3.05) is 33.1 Å². The molecule has 0 radical (unpaired) electrons. The van der Waals surface area contributed by atoms with Gasteiger partial charge in [0.25, 0.3) is 11.8 Å². The monoisotopic (exact) mass is 429 g/mol. The maximum absolute atomic E-state index is 13.0. The Morgan fingerprint density at radius 3 is 2.63 bits per heavy atom. The minimum absolute atomic E-state index is 0.177. The highest BCUT2D eigenvalue weighted by Crippen LogP contribution is 2.37. The summed E-state index contributed by atoms with van der Waals surface area (Å²) in [5.74, 6) is -0.231. The summed E-state index contributed by atoms with van der Waals surface area (Å²) >= 11 is 1.25. The maximum Gasteiger partial charge on any atom is 0.266 e. The highest BCUT2D eigenvalue weighted by atomic mass is 32.2. The van der Waals surface area contributed by atoms with Crippen LogP contribution in [0.3, 0.4) is 0 Å². The average molecular weight is 429 g/mol. The lowest BCUT2D eigenvalue weighted by molar-refractivity contribution is -0.121. The molecule has 2 aromatic rings. The SMILES string of the molecule is CN=C1S/C(=C\c2cccc(OC)c2OCC(=O)Nc2ccc(F)cc2)C(=O)N1C. The highest BCUT2D eigenvalue weighted by Gasteiger charge is 2.30. The second-order valence-electron chi connectivity index (χ2n) is 6.20. The Kier molecular flexibility index (Phi) is 6.73. The number of carbonyl (C=O) groups is 2. The largest absolute Gasteiger partial charge is 0.493 e. The van der Waals surface area contributed by atoms with Crippen LogP contribution in [0.15, 0.2) is 52.4 Å². The number of halogens is 1. The van der Waals surface area contributed by atoms with Crippen molar-refractivity contribution < 1.29 is 23.5 Å². The summed E-state index contributed by atoms with van der Waals surface area (Å²) in [5.41, 5.74) is 1.04. The van der Waals surface area contributed by atoms with Crippen LogP contribution >= 0.6 is 11.8 Å². The second-order valence-corrected chi connectivity index (χ2v) is 7.21. The number of likely N-dealkylation sites (N-methyl/N-ethyl adjacent to an activating group) is 1. The number of carbonyl (C=O) groups excluding carboxylic acids is 2. The number of rotatable bonds is 6. The van der Waals surface area contributed by atoms with E-state index in [1.165, 1.54) is 48.0 Å². The number of benzene rings is 2. The van der Waals surface area contributed by atoms with Crippen LogP contribution in [0.4, 0.5) is 10.1 Å². The average Bonchev–Trinajstić information content (AvgIpc) is 3.02. The molecule has 3 rings (SSSR count). The molecule has 1 aliphatic heterocycles. The molecule has 2 aromatic carbocycles. The highest BCUT2D eigenvalue weighted by molar-refractivity contribution is 8.18. The van der Waals surface area contributed by atoms with E-state index in [9.17, 15) is 14.0 Å². The third-order valence-corrected chi connectivity index (χ3v) is 5.34. The molecular formula is C21H20FN3O4S. The van der Waals surface area contributed by atoms with E-state index in [0.29, 0.717) is 32.8 Å². The molecule has 0 atom stereocenters. The number of hydrogen-bond donors (Lipinski definition) is 1. The molecule has 30 heavy (non-hydrogen) atoms. The predicted octanol–water partition coefficient (Wildman–Crippen LogP) is 3.38. The molecule has 0 unspecified atom stereocenters. The lowest BCUT2D eigenvalue weighted by atomic mass is 10.1. The predicted molar refractivity (Wildman–Crippen MR) is 115 cm³/mol. The van der Waals surface area contributed by atoms with E-state index in [0.717, 1.165) is 0 Å². The number of hydrogen-bond acceptors (Lipinski definition) is 6. The molecule has 0 spiro atoms. The fourth-order valence-corrected chi connectivity index (χ4v) is 3.64. The molecule has 1 aliphatic rings. The van der Waals surface area contributed by atoms with Crippen molar-refractivity contribution >= 4 is 40.5 Å². The van der Waals surface area contributed by atoms with Gasteiger partial charge in [0.2, 0.25) is 0 Å².